The van der Waals surface area contributed by atoms with E-state index in [9.17, 15) is 4.79 Å². The van der Waals surface area contributed by atoms with Gasteiger partial charge in [-0.2, -0.15) is 0 Å². The van der Waals surface area contributed by atoms with Crippen molar-refractivity contribution in [3.05, 3.63) is 0 Å². The molecular formula is C16H29N3O2. The number of amides is 1. The summed E-state index contributed by atoms with van der Waals surface area (Å²) in [7, 11) is 0. The van der Waals surface area contributed by atoms with E-state index in [1.165, 1.54) is 19.3 Å². The second-order valence-electron chi connectivity index (χ2n) is 6.69. The molecule has 2 atom stereocenters. The molecular weight excluding hydrogens is 266 g/mol. The molecule has 3 aliphatic heterocycles. The molecule has 0 radical (unpaired) electrons. The Morgan fingerprint density at radius 3 is 2.81 bits per heavy atom. The Morgan fingerprint density at radius 2 is 2.05 bits per heavy atom. The van der Waals surface area contributed by atoms with Crippen LogP contribution < -0.4 is 5.32 Å². The molecule has 0 aromatic rings. The summed E-state index contributed by atoms with van der Waals surface area (Å²) in [6, 6.07) is 0.442. The van der Waals surface area contributed by atoms with Crippen LogP contribution in [0.2, 0.25) is 0 Å². The van der Waals surface area contributed by atoms with E-state index in [2.05, 4.69) is 15.1 Å². The molecule has 3 rings (SSSR count). The Kier molecular flexibility index (Phi) is 5.49. The van der Waals surface area contributed by atoms with Gasteiger partial charge in [0.15, 0.2) is 0 Å². The zero-order valence-electron chi connectivity index (χ0n) is 13.1. The van der Waals surface area contributed by atoms with E-state index >= 15 is 0 Å². The minimum Gasteiger partial charge on any atom is -0.379 e. The maximum Gasteiger partial charge on any atom is 0.222 e. The molecule has 120 valence electrons. The molecule has 3 saturated heterocycles. The number of nitrogens with zero attached hydrogens (tertiary/aromatic N) is 2. The number of ether oxygens (including phenoxy) is 1. The zero-order valence-corrected chi connectivity index (χ0v) is 13.1. The van der Waals surface area contributed by atoms with Gasteiger partial charge in [-0.1, -0.05) is 0 Å². The Morgan fingerprint density at radius 1 is 1.19 bits per heavy atom. The van der Waals surface area contributed by atoms with Gasteiger partial charge < -0.3 is 15.0 Å². The highest BCUT2D eigenvalue weighted by atomic mass is 16.5. The number of likely N-dealkylation sites (tertiary alicyclic amines) is 1. The van der Waals surface area contributed by atoms with Crippen LogP contribution in [0.5, 0.6) is 0 Å². The first-order valence-electron chi connectivity index (χ1n) is 8.63. The molecule has 0 spiro atoms. The van der Waals surface area contributed by atoms with Crippen molar-refractivity contribution in [1.29, 1.82) is 0 Å². The number of hydrogen-bond acceptors (Lipinski definition) is 4. The minimum atomic E-state index is 0.387. The van der Waals surface area contributed by atoms with E-state index in [-0.39, 0.29) is 0 Å². The SMILES string of the molecule is O=C(CCC1CCNC1)N1CCCC1CN1CCOCC1. The summed E-state index contributed by atoms with van der Waals surface area (Å²) in [5.74, 6) is 1.10. The van der Waals surface area contributed by atoms with E-state index in [0.717, 1.165) is 65.3 Å². The highest BCUT2D eigenvalue weighted by molar-refractivity contribution is 5.76. The molecule has 2 unspecified atom stereocenters. The molecule has 1 N–H and O–H groups in total. The van der Waals surface area contributed by atoms with Crippen LogP contribution in [0.3, 0.4) is 0 Å². The van der Waals surface area contributed by atoms with E-state index in [1.54, 1.807) is 0 Å². The summed E-state index contributed by atoms with van der Waals surface area (Å²) in [5.41, 5.74) is 0. The van der Waals surface area contributed by atoms with Crippen LogP contribution in [0, 0.1) is 5.92 Å². The Labute approximate surface area is 128 Å². The van der Waals surface area contributed by atoms with Gasteiger partial charge in [0.2, 0.25) is 5.91 Å². The normalized spacial score (nSPS) is 31.0. The van der Waals surface area contributed by atoms with Crippen LogP contribution in [-0.4, -0.2) is 74.2 Å². The van der Waals surface area contributed by atoms with E-state index < -0.39 is 0 Å². The molecule has 5 nitrogen and oxygen atoms in total. The lowest BCUT2D eigenvalue weighted by molar-refractivity contribution is -0.132. The first-order valence-corrected chi connectivity index (χ1v) is 8.63. The van der Waals surface area contributed by atoms with Crippen LogP contribution in [-0.2, 0) is 9.53 Å². The average Bonchev–Trinajstić information content (AvgIpc) is 3.17. The van der Waals surface area contributed by atoms with Crippen molar-refractivity contribution < 1.29 is 9.53 Å². The maximum absolute atomic E-state index is 12.5. The maximum atomic E-state index is 12.5. The quantitative estimate of drug-likeness (QED) is 0.811. The number of carbonyl (C=O) groups excluding carboxylic acids is 1. The number of morpholine rings is 1. The van der Waals surface area contributed by atoms with Crippen molar-refractivity contribution >= 4 is 5.91 Å². The lowest BCUT2D eigenvalue weighted by Crippen LogP contribution is -2.46. The number of hydrogen-bond donors (Lipinski definition) is 1. The van der Waals surface area contributed by atoms with Gasteiger partial charge in [-0.3, -0.25) is 9.69 Å². The fourth-order valence-electron chi connectivity index (χ4n) is 3.87. The van der Waals surface area contributed by atoms with Crippen molar-refractivity contribution in [3.63, 3.8) is 0 Å². The number of nitrogens with one attached hydrogen (secondary N) is 1. The fourth-order valence-corrected chi connectivity index (χ4v) is 3.87. The molecule has 3 fully saturated rings. The summed E-state index contributed by atoms with van der Waals surface area (Å²) in [5, 5.41) is 3.39. The fraction of sp³-hybridized carbons (Fsp3) is 0.938. The molecule has 1 amide bonds. The van der Waals surface area contributed by atoms with Crippen molar-refractivity contribution in [1.82, 2.24) is 15.1 Å². The largest absolute Gasteiger partial charge is 0.379 e. The molecule has 0 bridgehead atoms. The highest BCUT2D eigenvalue weighted by Gasteiger charge is 2.30. The van der Waals surface area contributed by atoms with Crippen molar-refractivity contribution in [2.45, 2.75) is 38.1 Å². The van der Waals surface area contributed by atoms with Gasteiger partial charge in [0, 0.05) is 38.6 Å². The summed E-state index contributed by atoms with van der Waals surface area (Å²) >= 11 is 0. The van der Waals surface area contributed by atoms with Crippen LogP contribution in [0.25, 0.3) is 0 Å². The Hall–Kier alpha value is -0.650. The molecule has 0 aromatic heterocycles. The van der Waals surface area contributed by atoms with Crippen molar-refractivity contribution in [3.8, 4) is 0 Å². The third kappa shape index (κ3) is 4.18. The summed E-state index contributed by atoms with van der Waals surface area (Å²) in [4.78, 5) is 17.1. The summed E-state index contributed by atoms with van der Waals surface area (Å²) in [6.45, 7) is 7.97. The number of rotatable bonds is 5. The standard InChI is InChI=1S/C16H29N3O2/c20-16(4-3-14-5-6-17-12-14)19-7-1-2-15(19)13-18-8-10-21-11-9-18/h14-15,17H,1-13H2. The lowest BCUT2D eigenvalue weighted by Gasteiger charge is -2.33. The summed E-state index contributed by atoms with van der Waals surface area (Å²) in [6.07, 6.45) is 5.39. The van der Waals surface area contributed by atoms with Gasteiger partial charge in [0.1, 0.15) is 0 Å². The third-order valence-electron chi connectivity index (χ3n) is 5.20. The van der Waals surface area contributed by atoms with Crippen molar-refractivity contribution in [2.24, 2.45) is 5.92 Å². The predicted octanol–water partition coefficient (Wildman–Crippen LogP) is 0.699. The number of carbonyl (C=O) groups is 1. The minimum absolute atomic E-state index is 0.387. The van der Waals surface area contributed by atoms with E-state index in [0.29, 0.717) is 17.9 Å². The van der Waals surface area contributed by atoms with E-state index in [4.69, 9.17) is 4.74 Å². The van der Waals surface area contributed by atoms with Gasteiger partial charge in [0.05, 0.1) is 13.2 Å². The highest BCUT2D eigenvalue weighted by Crippen LogP contribution is 2.22. The van der Waals surface area contributed by atoms with Gasteiger partial charge >= 0.3 is 0 Å². The Balaban J connectivity index is 1.44. The average molecular weight is 295 g/mol. The second-order valence-corrected chi connectivity index (χ2v) is 6.69. The first kappa shape index (κ1) is 15.3. The zero-order chi connectivity index (χ0) is 14.5. The van der Waals surface area contributed by atoms with Crippen molar-refractivity contribution in [2.75, 3.05) is 52.5 Å². The monoisotopic (exact) mass is 295 g/mol. The van der Waals surface area contributed by atoms with Gasteiger partial charge in [-0.15, -0.1) is 0 Å². The van der Waals surface area contributed by atoms with Crippen LogP contribution in [0.15, 0.2) is 0 Å². The topological polar surface area (TPSA) is 44.8 Å². The molecule has 0 aromatic carbocycles. The second kappa shape index (κ2) is 7.56. The molecule has 21 heavy (non-hydrogen) atoms. The Bertz CT molecular complexity index is 338. The van der Waals surface area contributed by atoms with Crippen LogP contribution in [0.1, 0.15) is 32.1 Å². The van der Waals surface area contributed by atoms with E-state index in [1.807, 2.05) is 0 Å². The summed E-state index contributed by atoms with van der Waals surface area (Å²) < 4.78 is 5.41. The first-order chi connectivity index (χ1) is 10.3. The molecule has 3 heterocycles. The van der Waals surface area contributed by atoms with Gasteiger partial charge in [-0.05, 0) is 44.7 Å². The predicted molar refractivity (Wildman–Crippen MR) is 82.2 cm³/mol. The van der Waals surface area contributed by atoms with Gasteiger partial charge in [-0.25, -0.2) is 0 Å². The van der Waals surface area contributed by atoms with Crippen LogP contribution >= 0.6 is 0 Å². The van der Waals surface area contributed by atoms with Crippen LogP contribution in [0.4, 0.5) is 0 Å². The molecule has 5 heteroatoms. The smallest absolute Gasteiger partial charge is 0.222 e. The molecule has 3 aliphatic rings. The molecule has 0 aliphatic carbocycles. The lowest BCUT2D eigenvalue weighted by atomic mass is 10.0. The van der Waals surface area contributed by atoms with Gasteiger partial charge in [0.25, 0.3) is 0 Å². The third-order valence-corrected chi connectivity index (χ3v) is 5.20. The molecule has 0 saturated carbocycles.